The number of nitrogens with zero attached hydrogens (tertiary/aromatic N) is 5. The second-order valence-corrected chi connectivity index (χ2v) is 7.46. The molecule has 9 heteroatoms. The summed E-state index contributed by atoms with van der Waals surface area (Å²) < 4.78 is 1.76. The van der Waals surface area contributed by atoms with Crippen molar-refractivity contribution in [2.75, 3.05) is 37.4 Å². The second-order valence-electron chi connectivity index (χ2n) is 7.07. The number of carbonyl (C=O) groups excluding carboxylic acids is 2. The van der Waals surface area contributed by atoms with Crippen molar-refractivity contribution in [3.05, 3.63) is 35.2 Å². The number of carbonyl (C=O) groups is 2. The minimum Gasteiger partial charge on any atom is -0.363 e. The zero-order valence-corrected chi connectivity index (χ0v) is 17.1. The maximum absolute atomic E-state index is 12.8. The van der Waals surface area contributed by atoms with E-state index in [9.17, 15) is 9.59 Å². The summed E-state index contributed by atoms with van der Waals surface area (Å²) in [5, 5.41) is 7.36. The van der Waals surface area contributed by atoms with Crippen LogP contribution in [-0.4, -0.2) is 58.7 Å². The number of aromatic nitrogens is 3. The molecule has 3 heterocycles. The first kappa shape index (κ1) is 20.1. The summed E-state index contributed by atoms with van der Waals surface area (Å²) in [5.41, 5.74) is 1.21. The van der Waals surface area contributed by atoms with E-state index in [4.69, 9.17) is 11.6 Å². The van der Waals surface area contributed by atoms with Crippen LogP contribution < -0.4 is 10.2 Å². The molecule has 0 unspecified atom stereocenters. The molecule has 8 nitrogen and oxygen atoms in total. The highest BCUT2D eigenvalue weighted by molar-refractivity contribution is 6.29. The first-order valence-corrected chi connectivity index (χ1v) is 9.72. The smallest absolute Gasteiger partial charge is 0.254 e. The number of likely N-dealkylation sites (tertiary alicyclic amines) is 1. The lowest BCUT2D eigenvalue weighted by molar-refractivity contribution is -0.121. The molecular formula is C19H25ClN6O2. The summed E-state index contributed by atoms with van der Waals surface area (Å²) in [6.07, 6.45) is 4.71. The van der Waals surface area contributed by atoms with Gasteiger partial charge in [0.05, 0.1) is 11.9 Å². The van der Waals surface area contributed by atoms with Gasteiger partial charge in [0, 0.05) is 51.4 Å². The minimum absolute atomic E-state index is 0.0235. The maximum atomic E-state index is 12.8. The van der Waals surface area contributed by atoms with Crippen LogP contribution in [0, 0.1) is 5.92 Å². The van der Waals surface area contributed by atoms with Crippen molar-refractivity contribution >= 4 is 34.9 Å². The van der Waals surface area contributed by atoms with Crippen LogP contribution in [0.25, 0.3) is 0 Å². The third-order valence-electron chi connectivity index (χ3n) is 4.86. The molecule has 1 N–H and O–H groups in total. The van der Waals surface area contributed by atoms with E-state index in [1.807, 2.05) is 27.2 Å². The molecule has 0 radical (unpaired) electrons. The van der Waals surface area contributed by atoms with E-state index in [1.54, 1.807) is 32.8 Å². The lowest BCUT2D eigenvalue weighted by Crippen LogP contribution is -2.41. The second kappa shape index (κ2) is 8.60. The van der Waals surface area contributed by atoms with Crippen molar-refractivity contribution in [1.82, 2.24) is 19.7 Å². The summed E-state index contributed by atoms with van der Waals surface area (Å²) in [7, 11) is 3.70. The van der Waals surface area contributed by atoms with Gasteiger partial charge in [-0.15, -0.1) is 0 Å². The van der Waals surface area contributed by atoms with E-state index in [-0.39, 0.29) is 22.9 Å². The van der Waals surface area contributed by atoms with Crippen molar-refractivity contribution in [3.8, 4) is 0 Å². The number of aryl methyl sites for hydroxylation is 1. The first-order chi connectivity index (χ1) is 13.4. The molecule has 0 atom stereocenters. The monoisotopic (exact) mass is 404 g/mol. The quantitative estimate of drug-likeness (QED) is 0.774. The SMILES string of the molecule is CCn1cc(NC(=O)C2CCN(C(=O)c3cc(Cl)nc(N(C)C)c3)CC2)cn1. The lowest BCUT2D eigenvalue weighted by atomic mass is 9.95. The van der Waals surface area contributed by atoms with Gasteiger partial charge in [0.15, 0.2) is 0 Å². The molecule has 0 aromatic carbocycles. The lowest BCUT2D eigenvalue weighted by Gasteiger charge is -2.31. The Kier molecular flexibility index (Phi) is 6.18. The predicted molar refractivity (Wildman–Crippen MR) is 109 cm³/mol. The molecular weight excluding hydrogens is 380 g/mol. The average molecular weight is 405 g/mol. The fourth-order valence-corrected chi connectivity index (χ4v) is 3.41. The Morgan fingerprint density at radius 1 is 1.29 bits per heavy atom. The van der Waals surface area contributed by atoms with Crippen molar-refractivity contribution in [2.24, 2.45) is 5.92 Å². The number of anilines is 2. The van der Waals surface area contributed by atoms with Gasteiger partial charge >= 0.3 is 0 Å². The Morgan fingerprint density at radius 2 is 2.00 bits per heavy atom. The van der Waals surface area contributed by atoms with E-state index >= 15 is 0 Å². The highest BCUT2D eigenvalue weighted by Crippen LogP contribution is 2.23. The molecule has 3 rings (SSSR count). The molecule has 0 saturated carbocycles. The molecule has 0 bridgehead atoms. The summed E-state index contributed by atoms with van der Waals surface area (Å²) in [6, 6.07) is 3.32. The molecule has 28 heavy (non-hydrogen) atoms. The average Bonchev–Trinajstić information content (AvgIpc) is 3.14. The Balaban J connectivity index is 1.58. The molecule has 1 aliphatic rings. The Bertz CT molecular complexity index is 858. The highest BCUT2D eigenvalue weighted by atomic mass is 35.5. The maximum Gasteiger partial charge on any atom is 0.254 e. The van der Waals surface area contributed by atoms with Gasteiger partial charge in [-0.2, -0.15) is 5.10 Å². The van der Waals surface area contributed by atoms with Gasteiger partial charge in [0.25, 0.3) is 5.91 Å². The number of rotatable bonds is 5. The number of hydrogen-bond acceptors (Lipinski definition) is 5. The number of nitrogens with one attached hydrogen (secondary N) is 1. The van der Waals surface area contributed by atoms with Crippen LogP contribution in [0.3, 0.4) is 0 Å². The molecule has 2 aromatic rings. The van der Waals surface area contributed by atoms with E-state index < -0.39 is 0 Å². The largest absolute Gasteiger partial charge is 0.363 e. The minimum atomic E-state index is -0.118. The van der Waals surface area contributed by atoms with Gasteiger partial charge in [-0.25, -0.2) is 4.98 Å². The van der Waals surface area contributed by atoms with Crippen molar-refractivity contribution in [1.29, 1.82) is 0 Å². The molecule has 1 aliphatic heterocycles. The van der Waals surface area contributed by atoms with Crippen molar-refractivity contribution < 1.29 is 9.59 Å². The highest BCUT2D eigenvalue weighted by Gasteiger charge is 2.28. The molecule has 0 aliphatic carbocycles. The summed E-state index contributed by atoms with van der Waals surface area (Å²) >= 11 is 6.06. The Hall–Kier alpha value is -2.61. The van der Waals surface area contributed by atoms with Crippen LogP contribution in [0.1, 0.15) is 30.1 Å². The first-order valence-electron chi connectivity index (χ1n) is 9.35. The van der Waals surface area contributed by atoms with Crippen LogP contribution in [0.2, 0.25) is 5.15 Å². The van der Waals surface area contributed by atoms with Crippen LogP contribution in [0.5, 0.6) is 0 Å². The molecule has 150 valence electrons. The summed E-state index contributed by atoms with van der Waals surface area (Å²) in [4.78, 5) is 33.1. The zero-order chi connectivity index (χ0) is 20.3. The van der Waals surface area contributed by atoms with Gasteiger partial charge in [-0.05, 0) is 31.9 Å². The van der Waals surface area contributed by atoms with Crippen LogP contribution >= 0.6 is 11.6 Å². The van der Waals surface area contributed by atoms with E-state index in [2.05, 4.69) is 15.4 Å². The number of halogens is 1. The fourth-order valence-electron chi connectivity index (χ4n) is 3.21. The standard InChI is InChI=1S/C19H25ClN6O2/c1-4-26-12-15(11-21-26)22-18(27)13-5-7-25(8-6-13)19(28)14-9-16(20)23-17(10-14)24(2)3/h9-13H,4-8H2,1-3H3,(H,22,27). The van der Waals surface area contributed by atoms with Crippen molar-refractivity contribution in [2.45, 2.75) is 26.3 Å². The third kappa shape index (κ3) is 4.62. The fraction of sp³-hybridized carbons (Fsp3) is 0.474. The predicted octanol–water partition coefficient (Wildman–Crippen LogP) is 2.51. The zero-order valence-electron chi connectivity index (χ0n) is 16.4. The molecule has 2 amide bonds. The number of amides is 2. The van der Waals surface area contributed by atoms with Crippen LogP contribution in [0.15, 0.2) is 24.5 Å². The number of piperidine rings is 1. The topological polar surface area (TPSA) is 83.4 Å². The summed E-state index contributed by atoms with van der Waals surface area (Å²) in [5.74, 6) is 0.408. The molecule has 0 spiro atoms. The van der Waals surface area contributed by atoms with E-state index in [0.717, 1.165) is 6.54 Å². The normalized spacial score (nSPS) is 14.8. The number of hydrogen-bond donors (Lipinski definition) is 1. The molecule has 1 saturated heterocycles. The summed E-state index contributed by atoms with van der Waals surface area (Å²) in [6.45, 7) is 3.80. The van der Waals surface area contributed by atoms with Crippen LogP contribution in [-0.2, 0) is 11.3 Å². The van der Waals surface area contributed by atoms with Gasteiger partial charge in [-0.3, -0.25) is 14.3 Å². The van der Waals surface area contributed by atoms with Gasteiger partial charge < -0.3 is 15.1 Å². The number of pyridine rings is 1. The van der Waals surface area contributed by atoms with Crippen molar-refractivity contribution in [3.63, 3.8) is 0 Å². The van der Waals surface area contributed by atoms with Gasteiger partial charge in [0.2, 0.25) is 5.91 Å². The van der Waals surface area contributed by atoms with Gasteiger partial charge in [0.1, 0.15) is 11.0 Å². The van der Waals surface area contributed by atoms with E-state index in [0.29, 0.717) is 43.0 Å². The van der Waals surface area contributed by atoms with E-state index in [1.165, 1.54) is 0 Å². The Morgan fingerprint density at radius 3 is 2.61 bits per heavy atom. The molecule has 1 fully saturated rings. The molecule has 2 aromatic heterocycles. The Labute approximate surface area is 169 Å². The van der Waals surface area contributed by atoms with Crippen LogP contribution in [0.4, 0.5) is 11.5 Å². The van der Waals surface area contributed by atoms with Gasteiger partial charge in [-0.1, -0.05) is 11.6 Å². The third-order valence-corrected chi connectivity index (χ3v) is 5.06.